The van der Waals surface area contributed by atoms with E-state index in [0.29, 0.717) is 17.6 Å². The molecule has 4 atom stereocenters. The summed E-state index contributed by atoms with van der Waals surface area (Å²) in [5.74, 6) is 1.53. The summed E-state index contributed by atoms with van der Waals surface area (Å²) in [4.78, 5) is 12.4. The molecular formula is C20H30O2. The number of ketones is 1. The number of hydrogen-bond donors (Lipinski definition) is 1. The van der Waals surface area contributed by atoms with Crippen LogP contribution in [-0.2, 0) is 4.79 Å². The first kappa shape index (κ1) is 16.0. The molecular weight excluding hydrogens is 272 g/mol. The lowest BCUT2D eigenvalue weighted by Gasteiger charge is -2.58. The van der Waals surface area contributed by atoms with Gasteiger partial charge in [0.2, 0.25) is 0 Å². The smallest absolute Gasteiger partial charge is 0.138 e. The molecule has 1 N–H and O–H groups in total. The van der Waals surface area contributed by atoms with Crippen LogP contribution in [0.1, 0.15) is 59.3 Å². The molecule has 0 aliphatic heterocycles. The second-order valence-corrected chi connectivity index (χ2v) is 8.65. The molecule has 122 valence electrons. The zero-order valence-corrected chi connectivity index (χ0v) is 14.3. The topological polar surface area (TPSA) is 37.3 Å². The van der Waals surface area contributed by atoms with Gasteiger partial charge < -0.3 is 5.11 Å². The zero-order valence-electron chi connectivity index (χ0n) is 14.3. The SMILES string of the molecule is C=CC1(CO)C=C2CCC3C(C)(C)C(=O)CCC3(C)C2CC1. The van der Waals surface area contributed by atoms with Gasteiger partial charge in [0, 0.05) is 17.3 Å². The maximum absolute atomic E-state index is 12.4. The van der Waals surface area contributed by atoms with E-state index in [1.165, 1.54) is 5.57 Å². The van der Waals surface area contributed by atoms with Crippen LogP contribution in [0, 0.1) is 28.1 Å². The van der Waals surface area contributed by atoms with Crippen molar-refractivity contribution in [3.8, 4) is 0 Å². The highest BCUT2D eigenvalue weighted by molar-refractivity contribution is 5.85. The average molecular weight is 302 g/mol. The molecule has 3 aliphatic rings. The van der Waals surface area contributed by atoms with Crippen molar-refractivity contribution in [2.24, 2.45) is 28.1 Å². The monoisotopic (exact) mass is 302 g/mol. The molecule has 0 saturated heterocycles. The summed E-state index contributed by atoms with van der Waals surface area (Å²) in [6.45, 7) is 10.9. The van der Waals surface area contributed by atoms with Gasteiger partial charge in [0.15, 0.2) is 0 Å². The summed E-state index contributed by atoms with van der Waals surface area (Å²) in [5, 5.41) is 9.79. The Hall–Kier alpha value is -0.890. The molecule has 2 saturated carbocycles. The molecule has 2 nitrogen and oxygen atoms in total. The summed E-state index contributed by atoms with van der Waals surface area (Å²) in [6, 6.07) is 0. The van der Waals surface area contributed by atoms with Crippen molar-refractivity contribution in [3.63, 3.8) is 0 Å². The highest BCUT2D eigenvalue weighted by Crippen LogP contribution is 2.62. The fourth-order valence-electron chi connectivity index (χ4n) is 5.81. The average Bonchev–Trinajstić information content (AvgIpc) is 2.51. The van der Waals surface area contributed by atoms with Crippen LogP contribution in [0.2, 0.25) is 0 Å². The fourth-order valence-corrected chi connectivity index (χ4v) is 5.81. The largest absolute Gasteiger partial charge is 0.395 e. The van der Waals surface area contributed by atoms with Crippen LogP contribution in [0.3, 0.4) is 0 Å². The summed E-state index contributed by atoms with van der Waals surface area (Å²) in [7, 11) is 0. The minimum Gasteiger partial charge on any atom is -0.395 e. The molecule has 2 fully saturated rings. The van der Waals surface area contributed by atoms with Gasteiger partial charge in [-0.3, -0.25) is 4.79 Å². The van der Waals surface area contributed by atoms with Gasteiger partial charge in [0.25, 0.3) is 0 Å². The molecule has 0 radical (unpaired) electrons. The molecule has 2 heteroatoms. The lowest BCUT2D eigenvalue weighted by Crippen LogP contribution is -2.54. The summed E-state index contributed by atoms with van der Waals surface area (Å²) < 4.78 is 0. The fraction of sp³-hybridized carbons (Fsp3) is 0.750. The van der Waals surface area contributed by atoms with E-state index in [-0.39, 0.29) is 22.9 Å². The minimum atomic E-state index is -0.213. The highest BCUT2D eigenvalue weighted by atomic mass is 16.3. The van der Waals surface area contributed by atoms with Crippen molar-refractivity contribution >= 4 is 5.78 Å². The maximum atomic E-state index is 12.4. The van der Waals surface area contributed by atoms with Gasteiger partial charge in [-0.25, -0.2) is 0 Å². The highest BCUT2D eigenvalue weighted by Gasteiger charge is 2.57. The minimum absolute atomic E-state index is 0.164. The summed E-state index contributed by atoms with van der Waals surface area (Å²) in [6.07, 6.45) is 10.3. The summed E-state index contributed by atoms with van der Waals surface area (Å²) >= 11 is 0. The Morgan fingerprint density at radius 1 is 1.27 bits per heavy atom. The van der Waals surface area contributed by atoms with Crippen molar-refractivity contribution in [3.05, 3.63) is 24.3 Å². The van der Waals surface area contributed by atoms with E-state index in [1.807, 2.05) is 6.08 Å². The number of carbonyl (C=O) groups excluding carboxylic acids is 1. The Balaban J connectivity index is 1.98. The van der Waals surface area contributed by atoms with Crippen LogP contribution in [0.25, 0.3) is 0 Å². The number of rotatable bonds is 2. The molecule has 0 heterocycles. The Morgan fingerprint density at radius 3 is 2.64 bits per heavy atom. The third-order valence-electron chi connectivity index (χ3n) is 7.31. The van der Waals surface area contributed by atoms with Gasteiger partial charge >= 0.3 is 0 Å². The predicted molar refractivity (Wildman–Crippen MR) is 89.4 cm³/mol. The first-order valence-electron chi connectivity index (χ1n) is 8.78. The Morgan fingerprint density at radius 2 is 2.00 bits per heavy atom. The molecule has 0 bridgehead atoms. The lowest BCUT2D eigenvalue weighted by molar-refractivity contribution is -0.145. The van der Waals surface area contributed by atoms with E-state index >= 15 is 0 Å². The third kappa shape index (κ3) is 2.06. The van der Waals surface area contributed by atoms with Crippen LogP contribution in [0.15, 0.2) is 24.3 Å². The molecule has 0 amide bonds. The normalized spacial score (nSPS) is 43.8. The Kier molecular flexibility index (Phi) is 3.67. The number of aliphatic hydroxyl groups is 1. The van der Waals surface area contributed by atoms with Crippen LogP contribution in [0.4, 0.5) is 0 Å². The number of hydrogen-bond acceptors (Lipinski definition) is 2. The van der Waals surface area contributed by atoms with Crippen molar-refractivity contribution < 1.29 is 9.90 Å². The molecule has 3 aliphatic carbocycles. The van der Waals surface area contributed by atoms with Crippen LogP contribution in [-0.4, -0.2) is 17.5 Å². The molecule has 0 aromatic rings. The number of aliphatic hydroxyl groups excluding tert-OH is 1. The number of carbonyl (C=O) groups is 1. The lowest BCUT2D eigenvalue weighted by atomic mass is 9.45. The number of fused-ring (bicyclic) bond motifs is 3. The molecule has 0 spiro atoms. The van der Waals surface area contributed by atoms with Crippen molar-refractivity contribution in [1.82, 2.24) is 0 Å². The van der Waals surface area contributed by atoms with E-state index in [4.69, 9.17) is 0 Å². The first-order chi connectivity index (χ1) is 10.3. The van der Waals surface area contributed by atoms with Crippen molar-refractivity contribution in [2.45, 2.75) is 59.3 Å². The molecule has 22 heavy (non-hydrogen) atoms. The molecule has 4 unspecified atom stereocenters. The van der Waals surface area contributed by atoms with Gasteiger partial charge in [-0.1, -0.05) is 38.5 Å². The third-order valence-corrected chi connectivity index (χ3v) is 7.31. The summed E-state index contributed by atoms with van der Waals surface area (Å²) in [5.41, 5.74) is 1.37. The number of allylic oxidation sites excluding steroid dienone is 1. The van der Waals surface area contributed by atoms with Gasteiger partial charge in [0.05, 0.1) is 6.61 Å². The first-order valence-corrected chi connectivity index (χ1v) is 8.78. The number of Topliss-reactive ketones (excluding diaryl/α,β-unsaturated/α-hetero) is 1. The quantitative estimate of drug-likeness (QED) is 0.772. The van der Waals surface area contributed by atoms with E-state index < -0.39 is 0 Å². The second kappa shape index (κ2) is 5.06. The van der Waals surface area contributed by atoms with Crippen LogP contribution < -0.4 is 0 Å². The molecule has 3 rings (SSSR count). The van der Waals surface area contributed by atoms with Crippen LogP contribution in [0.5, 0.6) is 0 Å². The van der Waals surface area contributed by atoms with Gasteiger partial charge in [0.1, 0.15) is 5.78 Å². The standard InChI is InChI=1S/C20H30O2/c1-5-20(13-21)11-8-15-14(12-20)6-7-16-18(2,3)17(22)9-10-19(15,16)4/h5,12,15-16,21H,1,6-11,13H2,2-4H3. The van der Waals surface area contributed by atoms with Gasteiger partial charge in [-0.05, 0) is 49.4 Å². The molecule has 0 aromatic heterocycles. The van der Waals surface area contributed by atoms with E-state index in [0.717, 1.165) is 38.5 Å². The second-order valence-electron chi connectivity index (χ2n) is 8.65. The van der Waals surface area contributed by atoms with Gasteiger partial charge in [-0.15, -0.1) is 6.58 Å². The Labute approximate surface area is 134 Å². The van der Waals surface area contributed by atoms with Crippen LogP contribution >= 0.6 is 0 Å². The van der Waals surface area contributed by atoms with E-state index in [2.05, 4.69) is 33.4 Å². The van der Waals surface area contributed by atoms with Gasteiger partial charge in [-0.2, -0.15) is 0 Å². The molecule has 0 aromatic carbocycles. The van der Waals surface area contributed by atoms with Crippen molar-refractivity contribution in [1.29, 1.82) is 0 Å². The van der Waals surface area contributed by atoms with Crippen molar-refractivity contribution in [2.75, 3.05) is 6.61 Å². The zero-order chi connectivity index (χ0) is 16.2. The Bertz CT molecular complexity index is 530. The van der Waals surface area contributed by atoms with E-state index in [1.54, 1.807) is 0 Å². The van der Waals surface area contributed by atoms with E-state index in [9.17, 15) is 9.90 Å². The predicted octanol–water partition coefficient (Wildman–Crippen LogP) is 4.29. The maximum Gasteiger partial charge on any atom is 0.138 e.